The number of benzene rings is 2. The van der Waals surface area contributed by atoms with Crippen LogP contribution in [0.15, 0.2) is 54.6 Å². The van der Waals surface area contributed by atoms with Crippen LogP contribution in [-0.4, -0.2) is 22.3 Å². The van der Waals surface area contributed by atoms with Gasteiger partial charge in [-0.2, -0.15) is 10.1 Å². The van der Waals surface area contributed by atoms with E-state index in [-0.39, 0.29) is 0 Å². The standard InChI is InChI=1S/C20H17ClN4O2/c1-12-9-19(25-24-12)22-18-11-13-10-14(26-2)7-8-15(13)20(23-18)27-17-6-4-3-5-16(17)21/h3-11H,1-2H3,(H2,22,23,24,25). The molecule has 2 aromatic carbocycles. The largest absolute Gasteiger partial charge is 0.497 e. The van der Waals surface area contributed by atoms with E-state index in [9.17, 15) is 0 Å². The molecule has 0 amide bonds. The van der Waals surface area contributed by atoms with Gasteiger partial charge in [-0.05, 0) is 48.7 Å². The molecular weight excluding hydrogens is 364 g/mol. The van der Waals surface area contributed by atoms with E-state index in [4.69, 9.17) is 21.1 Å². The third-order valence-electron chi connectivity index (χ3n) is 4.01. The SMILES string of the molecule is COc1ccc2c(Oc3ccccc3Cl)nc(Nc3cc(C)[nH]n3)cc2c1. The second-order valence-electron chi connectivity index (χ2n) is 5.99. The van der Waals surface area contributed by atoms with Crippen molar-refractivity contribution in [3.63, 3.8) is 0 Å². The summed E-state index contributed by atoms with van der Waals surface area (Å²) in [7, 11) is 1.63. The van der Waals surface area contributed by atoms with Crippen molar-refractivity contribution in [1.82, 2.24) is 15.2 Å². The Morgan fingerprint density at radius 1 is 1.04 bits per heavy atom. The van der Waals surface area contributed by atoms with Crippen LogP contribution in [0.4, 0.5) is 11.6 Å². The Morgan fingerprint density at radius 3 is 2.63 bits per heavy atom. The van der Waals surface area contributed by atoms with Gasteiger partial charge in [0, 0.05) is 17.1 Å². The molecule has 2 aromatic heterocycles. The maximum Gasteiger partial charge on any atom is 0.229 e. The summed E-state index contributed by atoms with van der Waals surface area (Å²) >= 11 is 6.24. The van der Waals surface area contributed by atoms with Crippen LogP contribution in [0.1, 0.15) is 5.69 Å². The summed E-state index contributed by atoms with van der Waals surface area (Å²) in [5.41, 5.74) is 0.951. The van der Waals surface area contributed by atoms with Crippen molar-refractivity contribution in [2.24, 2.45) is 0 Å². The molecule has 0 radical (unpaired) electrons. The summed E-state index contributed by atoms with van der Waals surface area (Å²) in [4.78, 5) is 4.61. The number of fused-ring (bicyclic) bond motifs is 1. The monoisotopic (exact) mass is 380 g/mol. The minimum absolute atomic E-state index is 0.443. The molecule has 0 unspecified atom stereocenters. The van der Waals surface area contributed by atoms with Crippen molar-refractivity contribution in [3.05, 3.63) is 65.3 Å². The Hall–Kier alpha value is -3.25. The number of hydrogen-bond acceptors (Lipinski definition) is 5. The van der Waals surface area contributed by atoms with Gasteiger partial charge in [-0.15, -0.1) is 0 Å². The molecule has 2 heterocycles. The van der Waals surface area contributed by atoms with Crippen LogP contribution in [-0.2, 0) is 0 Å². The predicted octanol–water partition coefficient (Wildman–Crippen LogP) is 5.46. The van der Waals surface area contributed by atoms with Gasteiger partial charge in [0.1, 0.15) is 17.3 Å². The number of aromatic nitrogens is 3. The van der Waals surface area contributed by atoms with E-state index in [2.05, 4.69) is 20.5 Å². The molecule has 0 saturated heterocycles. The van der Waals surface area contributed by atoms with Crippen molar-refractivity contribution >= 4 is 34.0 Å². The van der Waals surface area contributed by atoms with Gasteiger partial charge in [-0.3, -0.25) is 5.10 Å². The van der Waals surface area contributed by atoms with E-state index in [0.717, 1.165) is 22.2 Å². The van der Waals surface area contributed by atoms with Gasteiger partial charge in [0.05, 0.1) is 12.1 Å². The average molecular weight is 381 g/mol. The van der Waals surface area contributed by atoms with Gasteiger partial charge in [-0.1, -0.05) is 23.7 Å². The van der Waals surface area contributed by atoms with Gasteiger partial charge < -0.3 is 14.8 Å². The Bertz CT molecular complexity index is 1110. The minimum Gasteiger partial charge on any atom is -0.497 e. The van der Waals surface area contributed by atoms with Crippen LogP contribution < -0.4 is 14.8 Å². The lowest BCUT2D eigenvalue weighted by molar-refractivity contribution is 0.415. The van der Waals surface area contributed by atoms with Crippen LogP contribution in [0, 0.1) is 6.92 Å². The maximum atomic E-state index is 6.24. The number of aromatic amines is 1. The number of nitrogens with one attached hydrogen (secondary N) is 2. The van der Waals surface area contributed by atoms with Crippen LogP contribution in [0.2, 0.25) is 5.02 Å². The van der Waals surface area contributed by atoms with Gasteiger partial charge in [0.25, 0.3) is 0 Å². The van der Waals surface area contributed by atoms with Crippen molar-refractivity contribution in [2.75, 3.05) is 12.4 Å². The smallest absolute Gasteiger partial charge is 0.229 e. The summed E-state index contributed by atoms with van der Waals surface area (Å²) < 4.78 is 11.4. The molecule has 136 valence electrons. The number of H-pyrrole nitrogens is 1. The summed E-state index contributed by atoms with van der Waals surface area (Å²) in [5.74, 6) is 3.00. The van der Waals surface area contributed by atoms with Crippen molar-refractivity contribution in [2.45, 2.75) is 6.92 Å². The highest BCUT2D eigenvalue weighted by Crippen LogP contribution is 2.35. The number of pyridine rings is 1. The van der Waals surface area contributed by atoms with Crippen LogP contribution in [0.3, 0.4) is 0 Å². The zero-order valence-corrected chi connectivity index (χ0v) is 15.5. The number of nitrogens with zero attached hydrogens (tertiary/aromatic N) is 2. The zero-order valence-electron chi connectivity index (χ0n) is 14.8. The number of hydrogen-bond donors (Lipinski definition) is 2. The van der Waals surface area contributed by atoms with Crippen LogP contribution in [0.5, 0.6) is 17.4 Å². The van der Waals surface area contributed by atoms with Crippen LogP contribution in [0.25, 0.3) is 10.8 Å². The van der Waals surface area contributed by atoms with E-state index in [1.54, 1.807) is 19.2 Å². The molecule has 0 atom stereocenters. The highest BCUT2D eigenvalue weighted by atomic mass is 35.5. The fraction of sp³-hybridized carbons (Fsp3) is 0.100. The average Bonchev–Trinajstić information content (AvgIpc) is 3.07. The summed E-state index contributed by atoms with van der Waals surface area (Å²) in [6.45, 7) is 1.93. The zero-order chi connectivity index (χ0) is 18.8. The third-order valence-corrected chi connectivity index (χ3v) is 4.32. The molecule has 0 saturated carbocycles. The van der Waals surface area contributed by atoms with Gasteiger partial charge >= 0.3 is 0 Å². The molecule has 27 heavy (non-hydrogen) atoms. The molecular formula is C20H17ClN4O2. The highest BCUT2D eigenvalue weighted by Gasteiger charge is 2.12. The van der Waals surface area contributed by atoms with E-state index < -0.39 is 0 Å². The number of anilines is 2. The topological polar surface area (TPSA) is 72.1 Å². The molecule has 6 nitrogen and oxygen atoms in total. The van der Waals surface area contributed by atoms with Gasteiger partial charge in [0.2, 0.25) is 5.88 Å². The first kappa shape index (κ1) is 17.2. The first-order valence-corrected chi connectivity index (χ1v) is 8.70. The minimum atomic E-state index is 0.443. The van der Waals surface area contributed by atoms with E-state index in [1.165, 1.54) is 0 Å². The maximum absolute atomic E-state index is 6.24. The molecule has 4 aromatic rings. The molecule has 2 N–H and O–H groups in total. The third kappa shape index (κ3) is 3.66. The summed E-state index contributed by atoms with van der Waals surface area (Å²) in [5, 5.41) is 12.6. The number of ether oxygens (including phenoxy) is 2. The van der Waals surface area contributed by atoms with E-state index in [0.29, 0.717) is 28.3 Å². The molecule has 0 aliphatic rings. The van der Waals surface area contributed by atoms with Gasteiger partial charge in [-0.25, -0.2) is 0 Å². The number of para-hydroxylation sites is 1. The highest BCUT2D eigenvalue weighted by molar-refractivity contribution is 6.32. The second kappa shape index (κ2) is 7.17. The first-order valence-electron chi connectivity index (χ1n) is 8.32. The quantitative estimate of drug-likeness (QED) is 0.480. The molecule has 0 fully saturated rings. The number of rotatable bonds is 5. The van der Waals surface area contributed by atoms with Gasteiger partial charge in [0.15, 0.2) is 5.82 Å². The Morgan fingerprint density at radius 2 is 1.89 bits per heavy atom. The molecule has 4 rings (SSSR count). The number of methoxy groups -OCH3 is 1. The lowest BCUT2D eigenvalue weighted by Crippen LogP contribution is -1.98. The summed E-state index contributed by atoms with van der Waals surface area (Å²) in [6, 6.07) is 16.8. The van der Waals surface area contributed by atoms with E-state index >= 15 is 0 Å². The summed E-state index contributed by atoms with van der Waals surface area (Å²) in [6.07, 6.45) is 0. The lowest BCUT2D eigenvalue weighted by Gasteiger charge is -2.12. The van der Waals surface area contributed by atoms with E-state index in [1.807, 2.05) is 49.4 Å². The predicted molar refractivity (Wildman–Crippen MR) is 106 cm³/mol. The molecule has 0 spiro atoms. The Balaban J connectivity index is 1.80. The molecule has 0 bridgehead atoms. The number of aryl methyl sites for hydroxylation is 1. The first-order chi connectivity index (χ1) is 13.1. The lowest BCUT2D eigenvalue weighted by atomic mass is 10.1. The fourth-order valence-corrected chi connectivity index (χ4v) is 2.89. The molecule has 7 heteroatoms. The Labute approximate surface area is 161 Å². The van der Waals surface area contributed by atoms with Crippen molar-refractivity contribution < 1.29 is 9.47 Å². The molecule has 0 aliphatic carbocycles. The van der Waals surface area contributed by atoms with Crippen molar-refractivity contribution in [1.29, 1.82) is 0 Å². The molecule has 0 aliphatic heterocycles. The van der Waals surface area contributed by atoms with Crippen LogP contribution >= 0.6 is 11.6 Å². The van der Waals surface area contributed by atoms with Crippen molar-refractivity contribution in [3.8, 4) is 17.4 Å². The Kier molecular flexibility index (Phi) is 4.56. The second-order valence-corrected chi connectivity index (χ2v) is 6.40. The number of halogens is 1. The normalized spacial score (nSPS) is 10.8. The fourth-order valence-electron chi connectivity index (χ4n) is 2.72.